The zero-order valence-electron chi connectivity index (χ0n) is 10.2. The first-order valence-corrected chi connectivity index (χ1v) is 5.60. The average molecular weight is 247 g/mol. The topological polar surface area (TPSA) is 42.4 Å². The molecule has 0 unspecified atom stereocenters. The molecule has 0 bridgehead atoms. The molecule has 0 amide bonds. The first-order valence-electron chi connectivity index (χ1n) is 5.60. The van der Waals surface area contributed by atoms with Gasteiger partial charge in [0.05, 0.1) is 24.6 Å². The minimum absolute atomic E-state index is 0.199. The zero-order valence-corrected chi connectivity index (χ0v) is 10.2. The van der Waals surface area contributed by atoms with Gasteiger partial charge in [-0.3, -0.25) is 4.98 Å². The Bertz CT molecular complexity index is 555. The van der Waals surface area contributed by atoms with Gasteiger partial charge < -0.3 is 9.84 Å². The highest BCUT2D eigenvalue weighted by Gasteiger charge is 2.08. The molecule has 1 N–H and O–H groups in total. The summed E-state index contributed by atoms with van der Waals surface area (Å²) in [5.41, 5.74) is 1.83. The van der Waals surface area contributed by atoms with Gasteiger partial charge in [-0.15, -0.1) is 0 Å². The molecule has 0 radical (unpaired) electrons. The van der Waals surface area contributed by atoms with Crippen LogP contribution in [0.15, 0.2) is 36.4 Å². The van der Waals surface area contributed by atoms with Crippen molar-refractivity contribution in [3.8, 4) is 17.0 Å². The molecule has 94 valence electrons. The lowest BCUT2D eigenvalue weighted by Gasteiger charge is -2.08. The van der Waals surface area contributed by atoms with Crippen molar-refractivity contribution >= 4 is 0 Å². The van der Waals surface area contributed by atoms with Gasteiger partial charge in [-0.2, -0.15) is 0 Å². The third-order valence-corrected chi connectivity index (χ3v) is 2.65. The SMILES string of the molecule is COc1ccc(-c2cccc([C@H](C)O)n2)cc1F. The van der Waals surface area contributed by atoms with Crippen LogP contribution < -0.4 is 4.74 Å². The van der Waals surface area contributed by atoms with Crippen LogP contribution in [-0.4, -0.2) is 17.2 Å². The second-order valence-corrected chi connectivity index (χ2v) is 3.97. The van der Waals surface area contributed by atoms with E-state index in [0.29, 0.717) is 17.0 Å². The van der Waals surface area contributed by atoms with Crippen LogP contribution in [0.4, 0.5) is 4.39 Å². The van der Waals surface area contributed by atoms with Gasteiger partial charge in [0.15, 0.2) is 11.6 Å². The molecule has 1 heterocycles. The monoisotopic (exact) mass is 247 g/mol. The first kappa shape index (κ1) is 12.5. The third-order valence-electron chi connectivity index (χ3n) is 2.65. The van der Waals surface area contributed by atoms with Crippen LogP contribution >= 0.6 is 0 Å². The molecule has 0 saturated heterocycles. The Kier molecular flexibility index (Phi) is 3.58. The van der Waals surface area contributed by atoms with E-state index in [4.69, 9.17) is 4.74 Å². The van der Waals surface area contributed by atoms with Crippen molar-refractivity contribution < 1.29 is 14.2 Å². The lowest BCUT2D eigenvalue weighted by molar-refractivity contribution is 0.194. The summed E-state index contributed by atoms with van der Waals surface area (Å²) in [6.07, 6.45) is -0.645. The van der Waals surface area contributed by atoms with Gasteiger partial charge in [0.1, 0.15) is 0 Å². The number of pyridine rings is 1. The number of halogens is 1. The summed E-state index contributed by atoms with van der Waals surface area (Å²) in [7, 11) is 1.42. The molecule has 0 aliphatic heterocycles. The fraction of sp³-hybridized carbons (Fsp3) is 0.214. The predicted molar refractivity (Wildman–Crippen MR) is 66.8 cm³/mol. The molecule has 1 atom stereocenters. The molecule has 3 nitrogen and oxygen atoms in total. The van der Waals surface area contributed by atoms with E-state index < -0.39 is 11.9 Å². The Morgan fingerprint density at radius 3 is 2.67 bits per heavy atom. The van der Waals surface area contributed by atoms with Gasteiger partial charge in [0.2, 0.25) is 0 Å². The molecule has 1 aromatic carbocycles. The fourth-order valence-electron chi connectivity index (χ4n) is 1.67. The Morgan fingerprint density at radius 2 is 2.06 bits per heavy atom. The summed E-state index contributed by atoms with van der Waals surface area (Å²) in [6.45, 7) is 1.64. The maximum absolute atomic E-state index is 13.6. The zero-order chi connectivity index (χ0) is 13.1. The van der Waals surface area contributed by atoms with Crippen LogP contribution in [0.1, 0.15) is 18.7 Å². The van der Waals surface area contributed by atoms with Gasteiger partial charge in [-0.1, -0.05) is 6.07 Å². The lowest BCUT2D eigenvalue weighted by Crippen LogP contribution is -1.97. The molecular formula is C14H14FNO2. The van der Waals surface area contributed by atoms with Gasteiger partial charge in [-0.25, -0.2) is 4.39 Å². The molecule has 0 saturated carbocycles. The van der Waals surface area contributed by atoms with E-state index in [0.717, 1.165) is 0 Å². The van der Waals surface area contributed by atoms with Crippen molar-refractivity contribution in [2.75, 3.05) is 7.11 Å². The highest BCUT2D eigenvalue weighted by atomic mass is 19.1. The van der Waals surface area contributed by atoms with Crippen molar-refractivity contribution in [3.05, 3.63) is 47.9 Å². The van der Waals surface area contributed by atoms with E-state index in [1.165, 1.54) is 13.2 Å². The molecule has 0 aliphatic rings. The minimum atomic E-state index is -0.645. The quantitative estimate of drug-likeness (QED) is 0.906. The van der Waals surface area contributed by atoms with Gasteiger partial charge in [0, 0.05) is 5.56 Å². The number of methoxy groups -OCH3 is 1. The molecule has 0 aliphatic carbocycles. The summed E-state index contributed by atoms with van der Waals surface area (Å²) < 4.78 is 18.5. The molecular weight excluding hydrogens is 233 g/mol. The van der Waals surface area contributed by atoms with Crippen molar-refractivity contribution in [1.82, 2.24) is 4.98 Å². The Balaban J connectivity index is 2.42. The number of ether oxygens (including phenoxy) is 1. The number of nitrogens with zero attached hydrogens (tertiary/aromatic N) is 1. The normalized spacial score (nSPS) is 12.2. The van der Waals surface area contributed by atoms with E-state index >= 15 is 0 Å². The maximum Gasteiger partial charge on any atom is 0.165 e. The van der Waals surface area contributed by atoms with Crippen LogP contribution in [0.5, 0.6) is 5.75 Å². The Labute approximate surface area is 105 Å². The van der Waals surface area contributed by atoms with E-state index in [2.05, 4.69) is 4.98 Å². The van der Waals surface area contributed by atoms with E-state index in [-0.39, 0.29) is 5.75 Å². The van der Waals surface area contributed by atoms with Crippen LogP contribution in [0.3, 0.4) is 0 Å². The molecule has 4 heteroatoms. The standard InChI is InChI=1S/C14H14FNO2/c1-9(17)12-4-3-5-13(16-12)10-6-7-14(18-2)11(15)8-10/h3-9,17H,1-2H3/t9-/m0/s1. The molecule has 18 heavy (non-hydrogen) atoms. The number of hydrogen-bond donors (Lipinski definition) is 1. The van der Waals surface area contributed by atoms with E-state index in [1.807, 2.05) is 0 Å². The van der Waals surface area contributed by atoms with Crippen molar-refractivity contribution in [3.63, 3.8) is 0 Å². The molecule has 2 aromatic rings. The summed E-state index contributed by atoms with van der Waals surface area (Å²) in [5, 5.41) is 9.48. The second-order valence-electron chi connectivity index (χ2n) is 3.97. The molecule has 0 spiro atoms. The lowest BCUT2D eigenvalue weighted by atomic mass is 10.1. The number of benzene rings is 1. The molecule has 1 aromatic heterocycles. The summed E-state index contributed by atoms with van der Waals surface area (Å²) in [5.74, 6) is -0.232. The minimum Gasteiger partial charge on any atom is -0.494 e. The van der Waals surface area contributed by atoms with Crippen molar-refractivity contribution in [2.45, 2.75) is 13.0 Å². The van der Waals surface area contributed by atoms with Gasteiger partial charge in [0.25, 0.3) is 0 Å². The van der Waals surface area contributed by atoms with Crippen LogP contribution in [0.2, 0.25) is 0 Å². The number of aromatic nitrogens is 1. The van der Waals surface area contributed by atoms with Gasteiger partial charge >= 0.3 is 0 Å². The third kappa shape index (κ3) is 2.49. The number of rotatable bonds is 3. The Morgan fingerprint density at radius 1 is 1.28 bits per heavy atom. The summed E-state index contributed by atoms with van der Waals surface area (Å²) in [6, 6.07) is 9.94. The fourth-order valence-corrected chi connectivity index (χ4v) is 1.67. The molecule has 2 rings (SSSR count). The van der Waals surface area contributed by atoms with Crippen LogP contribution in [0.25, 0.3) is 11.3 Å². The highest BCUT2D eigenvalue weighted by Crippen LogP contribution is 2.25. The van der Waals surface area contributed by atoms with Crippen molar-refractivity contribution in [1.29, 1.82) is 0 Å². The Hall–Kier alpha value is -1.94. The smallest absolute Gasteiger partial charge is 0.165 e. The summed E-state index contributed by atoms with van der Waals surface area (Å²) in [4.78, 5) is 4.28. The maximum atomic E-state index is 13.6. The first-order chi connectivity index (χ1) is 8.61. The van der Waals surface area contributed by atoms with Crippen LogP contribution in [0, 0.1) is 5.82 Å². The predicted octanol–water partition coefficient (Wildman–Crippen LogP) is 2.95. The van der Waals surface area contributed by atoms with Crippen LogP contribution in [-0.2, 0) is 0 Å². The van der Waals surface area contributed by atoms with E-state index in [1.54, 1.807) is 37.3 Å². The highest BCUT2D eigenvalue weighted by molar-refractivity contribution is 5.60. The average Bonchev–Trinajstić information content (AvgIpc) is 2.38. The van der Waals surface area contributed by atoms with Gasteiger partial charge in [-0.05, 0) is 37.3 Å². The second kappa shape index (κ2) is 5.14. The summed E-state index contributed by atoms with van der Waals surface area (Å²) >= 11 is 0. The largest absolute Gasteiger partial charge is 0.494 e. The number of aliphatic hydroxyl groups excluding tert-OH is 1. The van der Waals surface area contributed by atoms with Crippen molar-refractivity contribution in [2.24, 2.45) is 0 Å². The van der Waals surface area contributed by atoms with E-state index in [9.17, 15) is 9.50 Å². The number of hydrogen-bond acceptors (Lipinski definition) is 3. The molecule has 0 fully saturated rings. The number of aliphatic hydroxyl groups is 1.